The molecular formula is C17H21N5O3S2. The van der Waals surface area contributed by atoms with E-state index in [0.717, 1.165) is 24.8 Å². The van der Waals surface area contributed by atoms with Gasteiger partial charge < -0.3 is 21.1 Å². The predicted molar refractivity (Wildman–Crippen MR) is 108 cm³/mol. The Labute approximate surface area is 166 Å². The van der Waals surface area contributed by atoms with E-state index in [1.165, 1.54) is 28.0 Å². The average Bonchev–Trinajstić information content (AvgIpc) is 3.13. The zero-order valence-electron chi connectivity index (χ0n) is 15.3. The molecule has 144 valence electrons. The van der Waals surface area contributed by atoms with Crippen LogP contribution in [0.5, 0.6) is 0 Å². The monoisotopic (exact) mass is 407 g/mol. The van der Waals surface area contributed by atoms with Crippen LogP contribution in [0.4, 0.5) is 10.7 Å². The summed E-state index contributed by atoms with van der Waals surface area (Å²) in [6.45, 7) is 2.20. The molecule has 1 unspecified atom stereocenters. The molecule has 0 radical (unpaired) electrons. The summed E-state index contributed by atoms with van der Waals surface area (Å²) in [5.74, 6) is -0.462. The van der Waals surface area contributed by atoms with Gasteiger partial charge in [-0.15, -0.1) is 11.3 Å². The first-order chi connectivity index (χ1) is 12.8. The predicted octanol–water partition coefficient (Wildman–Crippen LogP) is 2.30. The fourth-order valence-electron chi connectivity index (χ4n) is 3.18. The van der Waals surface area contributed by atoms with Crippen LogP contribution in [0.25, 0.3) is 0 Å². The highest BCUT2D eigenvalue weighted by Gasteiger charge is 2.28. The molecule has 2 heterocycles. The number of thiocarbonyl (C=S) groups is 1. The number of anilines is 2. The number of nitrogens with zero attached hydrogens (tertiary/aromatic N) is 2. The maximum atomic E-state index is 12.3. The lowest BCUT2D eigenvalue weighted by molar-refractivity contribution is 0.0600. The Morgan fingerprint density at radius 1 is 1.44 bits per heavy atom. The highest BCUT2D eigenvalue weighted by molar-refractivity contribution is 7.80. The maximum Gasteiger partial charge on any atom is 0.341 e. The van der Waals surface area contributed by atoms with Crippen molar-refractivity contribution in [2.24, 2.45) is 18.7 Å². The van der Waals surface area contributed by atoms with Crippen molar-refractivity contribution >= 4 is 51.2 Å². The van der Waals surface area contributed by atoms with Crippen LogP contribution in [0.3, 0.4) is 0 Å². The van der Waals surface area contributed by atoms with Crippen LogP contribution < -0.4 is 16.4 Å². The molecule has 1 amide bonds. The number of thiophene rings is 1. The first kappa shape index (κ1) is 19.3. The van der Waals surface area contributed by atoms with Crippen molar-refractivity contribution in [3.63, 3.8) is 0 Å². The van der Waals surface area contributed by atoms with Crippen molar-refractivity contribution < 1.29 is 14.3 Å². The highest BCUT2D eigenvalue weighted by atomic mass is 32.1. The van der Waals surface area contributed by atoms with Crippen molar-refractivity contribution in [3.8, 4) is 0 Å². The van der Waals surface area contributed by atoms with Gasteiger partial charge in [-0.25, -0.2) is 4.79 Å². The number of aromatic nitrogens is 2. The smallest absolute Gasteiger partial charge is 0.341 e. The largest absolute Gasteiger partial charge is 0.465 e. The van der Waals surface area contributed by atoms with Crippen LogP contribution >= 0.6 is 23.6 Å². The minimum Gasteiger partial charge on any atom is -0.465 e. The molecule has 0 aliphatic heterocycles. The van der Waals surface area contributed by atoms with E-state index in [1.54, 1.807) is 13.2 Å². The molecule has 0 saturated heterocycles. The Bertz CT molecular complexity index is 918. The average molecular weight is 408 g/mol. The van der Waals surface area contributed by atoms with E-state index < -0.39 is 5.91 Å². The molecule has 2 aromatic rings. The molecule has 1 aliphatic rings. The normalized spacial score (nSPS) is 15.7. The summed E-state index contributed by atoms with van der Waals surface area (Å²) in [7, 11) is 3.05. The van der Waals surface area contributed by atoms with Gasteiger partial charge in [-0.3, -0.25) is 9.48 Å². The fourth-order valence-corrected chi connectivity index (χ4v) is 4.86. The topological polar surface area (TPSA) is 111 Å². The molecule has 0 fully saturated rings. The number of primary amides is 1. The lowest BCUT2D eigenvalue weighted by Gasteiger charge is -2.18. The van der Waals surface area contributed by atoms with E-state index in [9.17, 15) is 9.59 Å². The summed E-state index contributed by atoms with van der Waals surface area (Å²) in [4.78, 5) is 25.0. The Morgan fingerprint density at radius 2 is 2.19 bits per heavy atom. The van der Waals surface area contributed by atoms with Gasteiger partial charge in [0.1, 0.15) is 5.00 Å². The van der Waals surface area contributed by atoms with Crippen LogP contribution in [-0.4, -0.2) is 33.9 Å². The summed E-state index contributed by atoms with van der Waals surface area (Å²) >= 11 is 6.87. The van der Waals surface area contributed by atoms with Gasteiger partial charge in [0, 0.05) is 18.1 Å². The number of aryl methyl sites for hydroxylation is 1. The van der Waals surface area contributed by atoms with Gasteiger partial charge in [0.2, 0.25) is 0 Å². The van der Waals surface area contributed by atoms with Crippen molar-refractivity contribution in [2.45, 2.75) is 26.2 Å². The van der Waals surface area contributed by atoms with Gasteiger partial charge in [-0.05, 0) is 43.0 Å². The van der Waals surface area contributed by atoms with E-state index in [2.05, 4.69) is 22.7 Å². The lowest BCUT2D eigenvalue weighted by Crippen LogP contribution is -2.22. The molecule has 4 N–H and O–H groups in total. The van der Waals surface area contributed by atoms with Crippen molar-refractivity contribution in [3.05, 3.63) is 27.9 Å². The second kappa shape index (κ2) is 7.65. The first-order valence-electron chi connectivity index (χ1n) is 8.44. The number of fused-ring (bicyclic) bond motifs is 1. The zero-order valence-corrected chi connectivity index (χ0v) is 16.9. The SMILES string of the molecule is COC(=O)c1c(NC(=S)Nc2cn(C)nc2C(N)=O)sc2c1CCC(C)C2. The number of ether oxygens (including phenoxy) is 1. The number of nitrogens with two attached hydrogens (primary N) is 1. The highest BCUT2D eigenvalue weighted by Crippen LogP contribution is 2.40. The van der Waals surface area contributed by atoms with Gasteiger partial charge in [0.25, 0.3) is 5.91 Å². The van der Waals surface area contributed by atoms with Crippen molar-refractivity contribution in [1.82, 2.24) is 9.78 Å². The zero-order chi connectivity index (χ0) is 19.7. The number of hydrogen-bond donors (Lipinski definition) is 3. The number of carbonyl (C=O) groups is 2. The first-order valence-corrected chi connectivity index (χ1v) is 9.67. The maximum absolute atomic E-state index is 12.3. The van der Waals surface area contributed by atoms with Gasteiger partial charge in [-0.1, -0.05) is 6.92 Å². The summed E-state index contributed by atoms with van der Waals surface area (Å²) in [5, 5.41) is 10.9. The molecule has 27 heavy (non-hydrogen) atoms. The van der Waals surface area contributed by atoms with E-state index in [1.807, 2.05) is 0 Å². The molecule has 2 aromatic heterocycles. The molecule has 0 bridgehead atoms. The molecule has 1 atom stereocenters. The van der Waals surface area contributed by atoms with Gasteiger partial charge >= 0.3 is 5.97 Å². The van der Waals surface area contributed by atoms with E-state index in [4.69, 9.17) is 22.7 Å². The second-order valence-electron chi connectivity index (χ2n) is 6.56. The van der Waals surface area contributed by atoms with Crippen LogP contribution in [0.1, 0.15) is 44.6 Å². The fraction of sp³-hybridized carbons (Fsp3) is 0.412. The Kier molecular flexibility index (Phi) is 5.47. The number of amides is 1. The third kappa shape index (κ3) is 3.96. The third-order valence-corrected chi connectivity index (χ3v) is 5.81. The molecular weight excluding hydrogens is 386 g/mol. The summed E-state index contributed by atoms with van der Waals surface area (Å²) in [5.41, 5.74) is 7.40. The van der Waals surface area contributed by atoms with E-state index in [-0.39, 0.29) is 16.8 Å². The molecule has 0 aromatic carbocycles. The third-order valence-electron chi connectivity index (χ3n) is 4.44. The summed E-state index contributed by atoms with van der Waals surface area (Å²) in [6, 6.07) is 0. The minimum atomic E-state index is -0.656. The van der Waals surface area contributed by atoms with Gasteiger partial charge in [0.05, 0.1) is 18.4 Å². The van der Waals surface area contributed by atoms with Crippen molar-refractivity contribution in [1.29, 1.82) is 0 Å². The van der Waals surface area contributed by atoms with Crippen LogP contribution in [0.2, 0.25) is 0 Å². The van der Waals surface area contributed by atoms with Crippen LogP contribution in [-0.2, 0) is 24.6 Å². The summed E-state index contributed by atoms with van der Waals surface area (Å²) in [6.07, 6.45) is 4.41. The summed E-state index contributed by atoms with van der Waals surface area (Å²) < 4.78 is 6.44. The lowest BCUT2D eigenvalue weighted by atomic mass is 9.88. The number of esters is 1. The quantitative estimate of drug-likeness (QED) is 0.527. The number of rotatable bonds is 4. The molecule has 0 spiro atoms. The molecule has 1 aliphatic carbocycles. The Morgan fingerprint density at radius 3 is 2.85 bits per heavy atom. The standard InChI is InChI=1S/C17H21N5O3S2/c1-8-4-5-9-11(6-8)27-15(12(9)16(24)25-3)20-17(26)19-10-7-22(2)21-13(10)14(18)23/h7-8H,4-6H2,1-3H3,(H2,18,23)(H2,19,20,26). The van der Waals surface area contributed by atoms with E-state index in [0.29, 0.717) is 22.2 Å². The Hall–Kier alpha value is -2.46. The van der Waals surface area contributed by atoms with E-state index >= 15 is 0 Å². The molecule has 10 heteroatoms. The number of carbonyl (C=O) groups excluding carboxylic acids is 2. The Balaban J connectivity index is 1.86. The number of methoxy groups -OCH3 is 1. The minimum absolute atomic E-state index is 0.0918. The molecule has 3 rings (SSSR count). The van der Waals surface area contributed by atoms with Crippen LogP contribution in [0.15, 0.2) is 6.20 Å². The van der Waals surface area contributed by atoms with Crippen molar-refractivity contribution in [2.75, 3.05) is 17.7 Å². The number of nitrogens with one attached hydrogen (secondary N) is 2. The van der Waals surface area contributed by atoms with Gasteiger partial charge in [0.15, 0.2) is 10.8 Å². The molecule has 0 saturated carbocycles. The second-order valence-corrected chi connectivity index (χ2v) is 8.07. The van der Waals surface area contributed by atoms with Gasteiger partial charge in [-0.2, -0.15) is 5.10 Å². The number of hydrogen-bond acceptors (Lipinski definition) is 6. The molecule has 8 nitrogen and oxygen atoms in total. The van der Waals surface area contributed by atoms with Crippen LogP contribution in [0, 0.1) is 5.92 Å².